The predicted molar refractivity (Wildman–Crippen MR) is 46.5 cm³/mol. The van der Waals surface area contributed by atoms with Crippen LogP contribution in [0.3, 0.4) is 0 Å². The van der Waals surface area contributed by atoms with Gasteiger partial charge in [0.15, 0.2) is 6.36 Å². The lowest BCUT2D eigenvalue weighted by molar-refractivity contribution is -0.0679. The van der Waals surface area contributed by atoms with Crippen molar-refractivity contribution in [3.63, 3.8) is 0 Å². The summed E-state index contributed by atoms with van der Waals surface area (Å²) in [4.78, 5) is 0. The normalized spacial score (nSPS) is 15.6. The summed E-state index contributed by atoms with van der Waals surface area (Å²) in [7, 11) is 0. The summed E-state index contributed by atoms with van der Waals surface area (Å²) in [6.45, 7) is 3.23. The van der Waals surface area contributed by atoms with Crippen molar-refractivity contribution in [1.29, 1.82) is 0 Å². The van der Waals surface area contributed by atoms with Gasteiger partial charge in [0.05, 0.1) is 6.10 Å². The van der Waals surface area contributed by atoms with Gasteiger partial charge in [0, 0.05) is 0 Å². The minimum absolute atomic E-state index is 0.175. The van der Waals surface area contributed by atoms with E-state index in [4.69, 9.17) is 4.74 Å². The zero-order valence-electron chi connectivity index (χ0n) is 7.33. The second-order valence-corrected chi connectivity index (χ2v) is 2.73. The van der Waals surface area contributed by atoms with E-state index >= 15 is 0 Å². The van der Waals surface area contributed by atoms with Gasteiger partial charge in [-0.05, 0) is 19.4 Å². The molecular formula is C10H13FO. The van der Waals surface area contributed by atoms with Crippen LogP contribution in [0.15, 0.2) is 30.3 Å². The summed E-state index contributed by atoms with van der Waals surface area (Å²) >= 11 is 0. The summed E-state index contributed by atoms with van der Waals surface area (Å²) < 4.78 is 17.4. The molecule has 0 N–H and O–H groups in total. The molecule has 2 unspecified atom stereocenters. The maximum absolute atomic E-state index is 12.4. The lowest BCUT2D eigenvalue weighted by Crippen LogP contribution is -2.05. The van der Waals surface area contributed by atoms with Crippen LogP contribution < -0.4 is 0 Å². The van der Waals surface area contributed by atoms with Gasteiger partial charge in [-0.2, -0.15) is 0 Å². The Hall–Kier alpha value is -0.890. The summed E-state index contributed by atoms with van der Waals surface area (Å²) in [5, 5.41) is 0. The number of halogens is 1. The van der Waals surface area contributed by atoms with E-state index in [-0.39, 0.29) is 6.10 Å². The molecule has 12 heavy (non-hydrogen) atoms. The van der Waals surface area contributed by atoms with Crippen molar-refractivity contribution in [3.05, 3.63) is 35.9 Å². The van der Waals surface area contributed by atoms with Crippen molar-refractivity contribution < 1.29 is 9.13 Å². The molecule has 0 heterocycles. The largest absolute Gasteiger partial charge is 0.341 e. The van der Waals surface area contributed by atoms with E-state index in [1.165, 1.54) is 6.92 Å². The van der Waals surface area contributed by atoms with Crippen molar-refractivity contribution in [1.82, 2.24) is 0 Å². The van der Waals surface area contributed by atoms with E-state index in [0.29, 0.717) is 0 Å². The van der Waals surface area contributed by atoms with Crippen molar-refractivity contribution >= 4 is 0 Å². The number of rotatable bonds is 3. The Morgan fingerprint density at radius 1 is 1.17 bits per heavy atom. The average Bonchev–Trinajstić information content (AvgIpc) is 2.05. The SMILES string of the molecule is CC(F)OC(C)c1ccccc1. The van der Waals surface area contributed by atoms with E-state index < -0.39 is 6.36 Å². The van der Waals surface area contributed by atoms with Crippen LogP contribution in [0.1, 0.15) is 25.5 Å². The Morgan fingerprint density at radius 3 is 2.25 bits per heavy atom. The molecule has 2 heteroatoms. The Morgan fingerprint density at radius 2 is 1.75 bits per heavy atom. The first-order valence-electron chi connectivity index (χ1n) is 4.04. The maximum Gasteiger partial charge on any atom is 0.196 e. The first kappa shape index (κ1) is 9.20. The van der Waals surface area contributed by atoms with Crippen molar-refractivity contribution in [2.24, 2.45) is 0 Å². The molecule has 66 valence electrons. The fourth-order valence-corrected chi connectivity index (χ4v) is 1.08. The van der Waals surface area contributed by atoms with E-state index in [0.717, 1.165) is 5.56 Å². The molecule has 0 aromatic heterocycles. The van der Waals surface area contributed by atoms with Crippen LogP contribution in [0.4, 0.5) is 4.39 Å². The molecule has 2 atom stereocenters. The van der Waals surface area contributed by atoms with Gasteiger partial charge in [0.25, 0.3) is 0 Å². The molecule has 1 aromatic rings. The van der Waals surface area contributed by atoms with Crippen LogP contribution in [-0.4, -0.2) is 6.36 Å². The van der Waals surface area contributed by atoms with Gasteiger partial charge in [-0.3, -0.25) is 0 Å². The van der Waals surface area contributed by atoms with Gasteiger partial charge < -0.3 is 4.74 Å². The van der Waals surface area contributed by atoms with E-state index in [2.05, 4.69) is 0 Å². The van der Waals surface area contributed by atoms with Crippen molar-refractivity contribution in [2.45, 2.75) is 26.3 Å². The third-order valence-corrected chi connectivity index (χ3v) is 1.66. The topological polar surface area (TPSA) is 9.23 Å². The highest BCUT2D eigenvalue weighted by molar-refractivity contribution is 5.16. The number of hydrogen-bond donors (Lipinski definition) is 0. The Bertz CT molecular complexity index is 221. The molecular weight excluding hydrogens is 155 g/mol. The molecule has 0 saturated heterocycles. The highest BCUT2D eigenvalue weighted by Crippen LogP contribution is 2.17. The van der Waals surface area contributed by atoms with Gasteiger partial charge in [0.2, 0.25) is 0 Å². The summed E-state index contributed by atoms with van der Waals surface area (Å²) in [6, 6.07) is 9.60. The Balaban J connectivity index is 2.59. The fraction of sp³-hybridized carbons (Fsp3) is 0.400. The molecule has 1 rings (SSSR count). The lowest BCUT2D eigenvalue weighted by atomic mass is 10.1. The van der Waals surface area contributed by atoms with Gasteiger partial charge in [-0.25, -0.2) is 4.39 Å². The van der Waals surface area contributed by atoms with Crippen molar-refractivity contribution in [2.75, 3.05) is 0 Å². The van der Waals surface area contributed by atoms with Gasteiger partial charge >= 0.3 is 0 Å². The first-order chi connectivity index (χ1) is 5.70. The minimum Gasteiger partial charge on any atom is -0.341 e. The fourth-order valence-electron chi connectivity index (χ4n) is 1.08. The average molecular weight is 168 g/mol. The number of hydrogen-bond acceptors (Lipinski definition) is 1. The minimum atomic E-state index is -1.21. The molecule has 0 aliphatic heterocycles. The zero-order chi connectivity index (χ0) is 8.97. The molecule has 0 bridgehead atoms. The van der Waals surface area contributed by atoms with Crippen LogP contribution in [0.25, 0.3) is 0 Å². The second-order valence-electron chi connectivity index (χ2n) is 2.73. The van der Waals surface area contributed by atoms with Gasteiger partial charge in [-0.15, -0.1) is 0 Å². The molecule has 1 aromatic carbocycles. The van der Waals surface area contributed by atoms with Crippen molar-refractivity contribution in [3.8, 4) is 0 Å². The Kier molecular flexibility index (Phi) is 3.23. The summed E-state index contributed by atoms with van der Waals surface area (Å²) in [6.07, 6.45) is -1.38. The van der Waals surface area contributed by atoms with E-state index in [9.17, 15) is 4.39 Å². The Labute approximate surface area is 72.2 Å². The third kappa shape index (κ3) is 2.62. The monoisotopic (exact) mass is 168 g/mol. The molecule has 0 aliphatic rings. The molecule has 0 saturated carbocycles. The predicted octanol–water partition coefficient (Wildman–Crippen LogP) is 3.08. The van der Waals surface area contributed by atoms with Crippen LogP contribution in [0, 0.1) is 0 Å². The molecule has 0 radical (unpaired) electrons. The van der Waals surface area contributed by atoms with Crippen LogP contribution in [-0.2, 0) is 4.74 Å². The third-order valence-electron chi connectivity index (χ3n) is 1.66. The van der Waals surface area contributed by atoms with Crippen LogP contribution in [0.5, 0.6) is 0 Å². The highest BCUT2D eigenvalue weighted by atomic mass is 19.1. The number of benzene rings is 1. The lowest BCUT2D eigenvalue weighted by Gasteiger charge is -2.13. The maximum atomic E-state index is 12.4. The van der Waals surface area contributed by atoms with E-state index in [1.54, 1.807) is 0 Å². The molecule has 0 spiro atoms. The summed E-state index contributed by atoms with van der Waals surface area (Å²) in [5.41, 5.74) is 1.00. The smallest absolute Gasteiger partial charge is 0.196 e. The van der Waals surface area contributed by atoms with E-state index in [1.807, 2.05) is 37.3 Å². The van der Waals surface area contributed by atoms with Crippen LogP contribution in [0.2, 0.25) is 0 Å². The molecule has 0 fully saturated rings. The zero-order valence-corrected chi connectivity index (χ0v) is 7.33. The number of alkyl halides is 1. The van der Waals surface area contributed by atoms with Gasteiger partial charge in [-0.1, -0.05) is 30.3 Å². The first-order valence-corrected chi connectivity index (χ1v) is 4.04. The van der Waals surface area contributed by atoms with Gasteiger partial charge in [0.1, 0.15) is 0 Å². The van der Waals surface area contributed by atoms with Crippen LogP contribution >= 0.6 is 0 Å². The highest BCUT2D eigenvalue weighted by Gasteiger charge is 2.07. The number of ether oxygens (including phenoxy) is 1. The second kappa shape index (κ2) is 4.21. The standard InChI is InChI=1S/C10H13FO/c1-8(12-9(2)11)10-6-4-3-5-7-10/h3-9H,1-2H3. The molecule has 1 nitrogen and oxygen atoms in total. The quantitative estimate of drug-likeness (QED) is 0.674. The molecule has 0 aliphatic carbocycles. The summed E-state index contributed by atoms with van der Waals surface area (Å²) in [5.74, 6) is 0. The molecule has 0 amide bonds.